The maximum absolute atomic E-state index is 13.6. The first-order valence-corrected chi connectivity index (χ1v) is 14.6. The van der Waals surface area contributed by atoms with Gasteiger partial charge in [-0.05, 0) is 76.4 Å². The molecule has 1 aliphatic heterocycles. The number of amidine groups is 1. The van der Waals surface area contributed by atoms with Crippen LogP contribution in [0.15, 0.2) is 71.7 Å². The van der Waals surface area contributed by atoms with Crippen LogP contribution in [0.1, 0.15) is 69.9 Å². The first-order chi connectivity index (χ1) is 19.6. The molecule has 0 saturated heterocycles. The molecule has 1 spiro atoms. The van der Waals surface area contributed by atoms with Gasteiger partial charge in [0.25, 0.3) is 5.91 Å². The standard InChI is InChI=1S/C33H36N6O/c1-3-5-8-30-34-33(19-6-7-20-33)32(40)39(30)22-24-11-15-26(16-12-24)29-21-27(25-13-9-23(4-2)10-14-25)17-18-28(29)31-35-37-38-36-31/h9-18,21H,3-8,19-20,22H2,1-2H3,(H,35,36,37,38). The fraction of sp³-hybridized carbons (Fsp3) is 0.364. The molecule has 204 valence electrons. The monoisotopic (exact) mass is 532 g/mol. The summed E-state index contributed by atoms with van der Waals surface area (Å²) in [5.74, 6) is 1.73. The number of hydrogen-bond donors (Lipinski definition) is 1. The number of aliphatic imine (C=N–C) groups is 1. The molecule has 1 aliphatic carbocycles. The van der Waals surface area contributed by atoms with E-state index in [1.165, 1.54) is 11.1 Å². The topological polar surface area (TPSA) is 87.1 Å². The van der Waals surface area contributed by atoms with E-state index in [9.17, 15) is 4.79 Å². The summed E-state index contributed by atoms with van der Waals surface area (Å²) < 4.78 is 0. The molecule has 40 heavy (non-hydrogen) atoms. The molecule has 0 unspecified atom stereocenters. The number of aromatic nitrogens is 4. The second kappa shape index (κ2) is 11.2. The van der Waals surface area contributed by atoms with Gasteiger partial charge in [0.1, 0.15) is 11.4 Å². The summed E-state index contributed by atoms with van der Waals surface area (Å²) in [5, 5.41) is 14.9. The van der Waals surface area contributed by atoms with Crippen molar-refractivity contribution in [3.05, 3.63) is 77.9 Å². The van der Waals surface area contributed by atoms with Gasteiger partial charge in [-0.15, -0.1) is 10.2 Å². The third kappa shape index (κ3) is 4.96. The number of aromatic amines is 1. The molecule has 6 rings (SSSR count). The summed E-state index contributed by atoms with van der Waals surface area (Å²) in [5.41, 5.74) is 7.25. The predicted octanol–water partition coefficient (Wildman–Crippen LogP) is 7.01. The molecule has 3 aromatic carbocycles. The Morgan fingerprint density at radius 1 is 0.850 bits per heavy atom. The van der Waals surface area contributed by atoms with Crippen LogP contribution in [0.3, 0.4) is 0 Å². The average Bonchev–Trinajstić information content (AvgIpc) is 3.76. The predicted molar refractivity (Wildman–Crippen MR) is 159 cm³/mol. The van der Waals surface area contributed by atoms with Crippen LogP contribution in [0.5, 0.6) is 0 Å². The Bertz CT molecular complexity index is 1500. The number of rotatable bonds is 9. The fourth-order valence-corrected chi connectivity index (χ4v) is 6.04. The van der Waals surface area contributed by atoms with Crippen molar-refractivity contribution in [2.75, 3.05) is 0 Å². The zero-order valence-corrected chi connectivity index (χ0v) is 23.4. The number of H-pyrrole nitrogens is 1. The highest BCUT2D eigenvalue weighted by Gasteiger charge is 2.49. The van der Waals surface area contributed by atoms with Crippen LogP contribution < -0.4 is 0 Å². The van der Waals surface area contributed by atoms with Crippen LogP contribution in [0.2, 0.25) is 0 Å². The summed E-state index contributed by atoms with van der Waals surface area (Å²) >= 11 is 0. The highest BCUT2D eigenvalue weighted by molar-refractivity contribution is 6.08. The number of benzene rings is 3. The Labute approximate surface area is 235 Å². The third-order valence-electron chi connectivity index (χ3n) is 8.39. The number of nitrogens with zero attached hydrogens (tertiary/aromatic N) is 5. The largest absolute Gasteiger partial charge is 0.294 e. The third-order valence-corrected chi connectivity index (χ3v) is 8.39. The molecule has 2 heterocycles. The molecule has 1 amide bonds. The lowest BCUT2D eigenvalue weighted by molar-refractivity contribution is -0.131. The lowest BCUT2D eigenvalue weighted by Gasteiger charge is -2.23. The van der Waals surface area contributed by atoms with Crippen molar-refractivity contribution in [2.45, 2.75) is 77.3 Å². The first kappa shape index (κ1) is 26.1. The summed E-state index contributed by atoms with van der Waals surface area (Å²) in [4.78, 5) is 20.6. The molecule has 1 aromatic heterocycles. The number of tetrazole rings is 1. The molecular weight excluding hydrogens is 496 g/mol. The molecule has 1 fully saturated rings. The number of carbonyl (C=O) groups excluding carboxylic acids is 1. The van der Waals surface area contributed by atoms with E-state index < -0.39 is 5.54 Å². The maximum Gasteiger partial charge on any atom is 0.256 e. The van der Waals surface area contributed by atoms with Crippen molar-refractivity contribution in [1.29, 1.82) is 0 Å². The molecule has 0 bridgehead atoms. The van der Waals surface area contributed by atoms with Crippen LogP contribution in [0, 0.1) is 0 Å². The number of carbonyl (C=O) groups is 1. The molecule has 7 heteroatoms. The van der Waals surface area contributed by atoms with E-state index >= 15 is 0 Å². The van der Waals surface area contributed by atoms with Crippen molar-refractivity contribution in [2.24, 2.45) is 4.99 Å². The second-order valence-corrected chi connectivity index (χ2v) is 11.0. The SMILES string of the molecule is CCCCC1=NC2(CCCC2)C(=O)N1Cc1ccc(-c2cc(-c3ccc(CC)cc3)ccc2-c2nn[nH]n2)cc1. The second-order valence-electron chi connectivity index (χ2n) is 11.0. The van der Waals surface area contributed by atoms with Crippen LogP contribution in [-0.4, -0.2) is 42.8 Å². The Hall–Kier alpha value is -4.13. The van der Waals surface area contributed by atoms with Gasteiger partial charge in [0.15, 0.2) is 0 Å². The number of aryl methyl sites for hydroxylation is 1. The number of amides is 1. The van der Waals surface area contributed by atoms with Crippen molar-refractivity contribution < 1.29 is 4.79 Å². The van der Waals surface area contributed by atoms with Crippen molar-refractivity contribution in [3.63, 3.8) is 0 Å². The van der Waals surface area contributed by atoms with Gasteiger partial charge in [0.2, 0.25) is 5.82 Å². The summed E-state index contributed by atoms with van der Waals surface area (Å²) in [6, 6.07) is 23.6. The highest BCUT2D eigenvalue weighted by atomic mass is 16.2. The van der Waals surface area contributed by atoms with Crippen LogP contribution in [-0.2, 0) is 17.8 Å². The molecule has 1 N–H and O–H groups in total. The first-order valence-electron chi connectivity index (χ1n) is 14.6. The van der Waals surface area contributed by atoms with Gasteiger partial charge >= 0.3 is 0 Å². The molecular formula is C33H36N6O. The Morgan fingerprint density at radius 2 is 1.55 bits per heavy atom. The van der Waals surface area contributed by atoms with Crippen LogP contribution >= 0.6 is 0 Å². The smallest absolute Gasteiger partial charge is 0.256 e. The van der Waals surface area contributed by atoms with Crippen molar-refractivity contribution in [3.8, 4) is 33.6 Å². The minimum atomic E-state index is -0.502. The zero-order chi connectivity index (χ0) is 27.5. The van der Waals surface area contributed by atoms with Gasteiger partial charge in [-0.25, -0.2) is 0 Å². The molecule has 2 aliphatic rings. The van der Waals surface area contributed by atoms with E-state index in [0.717, 1.165) is 85.0 Å². The van der Waals surface area contributed by atoms with E-state index in [1.54, 1.807) is 0 Å². The average molecular weight is 533 g/mol. The summed E-state index contributed by atoms with van der Waals surface area (Å²) in [7, 11) is 0. The Kier molecular flexibility index (Phi) is 7.29. The van der Waals surface area contributed by atoms with E-state index in [-0.39, 0.29) is 5.91 Å². The number of nitrogens with one attached hydrogen (secondary N) is 1. The van der Waals surface area contributed by atoms with Gasteiger partial charge in [-0.3, -0.25) is 14.7 Å². The number of unbranched alkanes of at least 4 members (excludes halogenated alkanes) is 1. The lowest BCUT2D eigenvalue weighted by Crippen LogP contribution is -2.40. The maximum atomic E-state index is 13.6. The van der Waals surface area contributed by atoms with Crippen LogP contribution in [0.4, 0.5) is 0 Å². The van der Waals surface area contributed by atoms with E-state index in [4.69, 9.17) is 4.99 Å². The van der Waals surface area contributed by atoms with Crippen molar-refractivity contribution in [1.82, 2.24) is 25.5 Å². The summed E-state index contributed by atoms with van der Waals surface area (Å²) in [6.07, 6.45) is 7.96. The van der Waals surface area contributed by atoms with Gasteiger partial charge in [0, 0.05) is 12.0 Å². The van der Waals surface area contributed by atoms with E-state index in [1.807, 2.05) is 4.90 Å². The minimum absolute atomic E-state index is 0.196. The van der Waals surface area contributed by atoms with Gasteiger partial charge < -0.3 is 0 Å². The molecule has 0 radical (unpaired) electrons. The molecule has 1 saturated carbocycles. The van der Waals surface area contributed by atoms with Crippen LogP contribution in [0.25, 0.3) is 33.6 Å². The van der Waals surface area contributed by atoms with Gasteiger partial charge in [0.05, 0.1) is 6.54 Å². The fourth-order valence-electron chi connectivity index (χ4n) is 6.04. The Balaban J connectivity index is 1.30. The summed E-state index contributed by atoms with van der Waals surface area (Å²) in [6.45, 7) is 4.91. The molecule has 7 nitrogen and oxygen atoms in total. The quantitative estimate of drug-likeness (QED) is 0.251. The minimum Gasteiger partial charge on any atom is -0.294 e. The number of hydrogen-bond acceptors (Lipinski definition) is 5. The van der Waals surface area contributed by atoms with Crippen molar-refractivity contribution >= 4 is 11.7 Å². The van der Waals surface area contributed by atoms with Gasteiger partial charge in [-0.1, -0.05) is 87.7 Å². The van der Waals surface area contributed by atoms with Gasteiger partial charge in [-0.2, -0.15) is 5.21 Å². The normalized spacial score (nSPS) is 16.2. The zero-order valence-electron chi connectivity index (χ0n) is 23.4. The molecule has 4 aromatic rings. The van der Waals surface area contributed by atoms with E-state index in [2.05, 4.69) is 101 Å². The van der Waals surface area contributed by atoms with E-state index in [0.29, 0.717) is 12.4 Å². The highest BCUT2D eigenvalue weighted by Crippen LogP contribution is 2.40. The lowest BCUT2D eigenvalue weighted by atomic mass is 9.93. The Morgan fingerprint density at radius 3 is 2.23 bits per heavy atom. The molecule has 0 atom stereocenters.